The molecule has 0 bridgehead atoms. The largest absolute Gasteiger partial charge is 0.456 e. The van der Waals surface area contributed by atoms with E-state index in [4.69, 9.17) is 4.42 Å². The second-order valence-electron chi connectivity index (χ2n) is 14.9. The first-order valence-corrected chi connectivity index (χ1v) is 19.8. The lowest BCUT2D eigenvalue weighted by Gasteiger charge is -2.28. The summed E-state index contributed by atoms with van der Waals surface area (Å²) in [7, 11) is 0. The van der Waals surface area contributed by atoms with Crippen LogP contribution in [-0.4, -0.2) is 0 Å². The fraction of sp³-hybridized carbons (Fsp3) is 0. The van der Waals surface area contributed by atoms with Crippen LogP contribution in [0.3, 0.4) is 0 Å². The number of benzene rings is 10. The van der Waals surface area contributed by atoms with Gasteiger partial charge in [-0.15, -0.1) is 0 Å². The summed E-state index contributed by atoms with van der Waals surface area (Å²) in [6, 6.07) is 80.7. The van der Waals surface area contributed by atoms with Gasteiger partial charge in [0.05, 0.1) is 5.69 Å². The molecule has 11 rings (SSSR count). The molecule has 1 heterocycles. The average molecular weight is 740 g/mol. The zero-order valence-corrected chi connectivity index (χ0v) is 31.7. The summed E-state index contributed by atoms with van der Waals surface area (Å²) in [6.45, 7) is 0. The third kappa shape index (κ3) is 5.82. The third-order valence-electron chi connectivity index (χ3n) is 11.5. The molecule has 0 aliphatic rings. The molecule has 58 heavy (non-hydrogen) atoms. The van der Waals surface area contributed by atoms with Crippen molar-refractivity contribution in [2.75, 3.05) is 4.90 Å². The fourth-order valence-corrected chi connectivity index (χ4v) is 8.71. The predicted molar refractivity (Wildman–Crippen MR) is 245 cm³/mol. The number of rotatable bonds is 7. The van der Waals surface area contributed by atoms with E-state index in [1.54, 1.807) is 0 Å². The van der Waals surface area contributed by atoms with Crippen molar-refractivity contribution >= 4 is 60.5 Å². The SMILES string of the molecule is c1ccc(-c2ccccc2-c2ccccc2-c2ccccc2N(c2ccc(-c3ccc4c(ccc5ccccc54)c3)cc2)c2ccc3c(c2)oc2ccccc23)cc1. The van der Waals surface area contributed by atoms with Gasteiger partial charge in [-0.2, -0.15) is 0 Å². The summed E-state index contributed by atoms with van der Waals surface area (Å²) in [4.78, 5) is 2.37. The Labute approximate surface area is 337 Å². The van der Waals surface area contributed by atoms with Gasteiger partial charge in [0, 0.05) is 33.8 Å². The van der Waals surface area contributed by atoms with Crippen molar-refractivity contribution in [3.63, 3.8) is 0 Å². The first-order chi connectivity index (χ1) is 28.8. The summed E-state index contributed by atoms with van der Waals surface area (Å²) in [5, 5.41) is 7.28. The highest BCUT2D eigenvalue weighted by molar-refractivity contribution is 6.09. The summed E-state index contributed by atoms with van der Waals surface area (Å²) >= 11 is 0. The Morgan fingerprint density at radius 3 is 1.62 bits per heavy atom. The van der Waals surface area contributed by atoms with Crippen LogP contribution in [0.5, 0.6) is 0 Å². The highest BCUT2D eigenvalue weighted by Crippen LogP contribution is 2.46. The van der Waals surface area contributed by atoms with Gasteiger partial charge in [-0.05, 0) is 103 Å². The molecule has 0 aliphatic heterocycles. The Morgan fingerprint density at radius 2 is 0.810 bits per heavy atom. The Balaban J connectivity index is 1.07. The van der Waals surface area contributed by atoms with Gasteiger partial charge in [0.1, 0.15) is 11.2 Å². The number of para-hydroxylation sites is 2. The maximum atomic E-state index is 6.47. The van der Waals surface area contributed by atoms with Crippen LogP contribution in [0.4, 0.5) is 17.1 Å². The molecule has 0 radical (unpaired) electrons. The minimum Gasteiger partial charge on any atom is -0.456 e. The van der Waals surface area contributed by atoms with Crippen molar-refractivity contribution < 1.29 is 4.42 Å². The molecular weight excluding hydrogens is 703 g/mol. The van der Waals surface area contributed by atoms with E-state index in [1.165, 1.54) is 54.9 Å². The van der Waals surface area contributed by atoms with Crippen molar-refractivity contribution in [1.82, 2.24) is 0 Å². The molecule has 0 unspecified atom stereocenters. The van der Waals surface area contributed by atoms with E-state index in [2.05, 4.69) is 217 Å². The van der Waals surface area contributed by atoms with Crippen LogP contribution in [0.15, 0.2) is 229 Å². The lowest BCUT2D eigenvalue weighted by molar-refractivity contribution is 0.669. The zero-order valence-electron chi connectivity index (χ0n) is 31.7. The first kappa shape index (κ1) is 33.6. The second kappa shape index (κ2) is 14.1. The quantitative estimate of drug-likeness (QED) is 0.151. The topological polar surface area (TPSA) is 16.4 Å². The Morgan fingerprint density at radius 1 is 0.276 bits per heavy atom. The first-order valence-electron chi connectivity index (χ1n) is 19.8. The maximum absolute atomic E-state index is 6.47. The molecule has 0 amide bonds. The van der Waals surface area contributed by atoms with Crippen LogP contribution in [0, 0.1) is 0 Å². The Bertz CT molecular complexity index is 3290. The molecule has 272 valence electrons. The standard InChI is InChI=1S/C56H37NO/c1-2-14-39(15-3-1)46-18-6-7-19-48(46)49-20-8-9-21-50(49)51-22-10-12-24-54(51)57(44-33-35-53-52-23-11-13-25-55(52)58-56(53)37-44)43-31-28-38(29-32-43)41-30-34-47-42(36-41)27-26-40-16-4-5-17-45(40)47/h1-37H. The number of hydrogen-bond acceptors (Lipinski definition) is 2. The molecule has 0 aliphatic carbocycles. The van der Waals surface area contributed by atoms with Crippen molar-refractivity contribution in [1.29, 1.82) is 0 Å². The number of fused-ring (bicyclic) bond motifs is 6. The number of nitrogens with zero attached hydrogens (tertiary/aromatic N) is 1. The van der Waals surface area contributed by atoms with Crippen LogP contribution in [0.25, 0.3) is 88.0 Å². The van der Waals surface area contributed by atoms with Crippen LogP contribution in [-0.2, 0) is 0 Å². The van der Waals surface area contributed by atoms with Crippen molar-refractivity contribution in [2.45, 2.75) is 0 Å². The van der Waals surface area contributed by atoms with Crippen LogP contribution in [0.1, 0.15) is 0 Å². The zero-order chi connectivity index (χ0) is 38.4. The summed E-state index contributed by atoms with van der Waals surface area (Å²) < 4.78 is 6.47. The molecule has 0 spiro atoms. The summed E-state index contributed by atoms with van der Waals surface area (Å²) in [5.74, 6) is 0. The van der Waals surface area contributed by atoms with Gasteiger partial charge in [0.2, 0.25) is 0 Å². The van der Waals surface area contributed by atoms with E-state index in [-0.39, 0.29) is 0 Å². The Hall–Kier alpha value is -7.68. The highest BCUT2D eigenvalue weighted by Gasteiger charge is 2.21. The molecule has 2 nitrogen and oxygen atoms in total. The van der Waals surface area contributed by atoms with Gasteiger partial charge in [-0.3, -0.25) is 0 Å². The van der Waals surface area contributed by atoms with E-state index in [1.807, 2.05) is 12.1 Å². The lowest BCUT2D eigenvalue weighted by Crippen LogP contribution is -2.11. The molecule has 0 fully saturated rings. The number of furan rings is 1. The normalized spacial score (nSPS) is 11.4. The smallest absolute Gasteiger partial charge is 0.137 e. The van der Waals surface area contributed by atoms with E-state index in [0.717, 1.165) is 50.1 Å². The van der Waals surface area contributed by atoms with Crippen LogP contribution in [0.2, 0.25) is 0 Å². The highest BCUT2D eigenvalue weighted by atomic mass is 16.3. The molecule has 0 saturated heterocycles. The fourth-order valence-electron chi connectivity index (χ4n) is 8.71. The molecule has 2 heteroatoms. The van der Waals surface area contributed by atoms with Gasteiger partial charge < -0.3 is 9.32 Å². The van der Waals surface area contributed by atoms with E-state index >= 15 is 0 Å². The Kier molecular flexibility index (Phi) is 8.19. The average Bonchev–Trinajstić information content (AvgIpc) is 3.68. The minimum atomic E-state index is 0.860. The van der Waals surface area contributed by atoms with Gasteiger partial charge in [-0.25, -0.2) is 0 Å². The van der Waals surface area contributed by atoms with Gasteiger partial charge in [0.25, 0.3) is 0 Å². The monoisotopic (exact) mass is 739 g/mol. The van der Waals surface area contributed by atoms with Crippen LogP contribution < -0.4 is 4.90 Å². The molecule has 10 aromatic carbocycles. The van der Waals surface area contributed by atoms with Crippen LogP contribution >= 0.6 is 0 Å². The molecule has 0 saturated carbocycles. The molecule has 11 aromatic rings. The lowest BCUT2D eigenvalue weighted by atomic mass is 9.88. The van der Waals surface area contributed by atoms with E-state index in [9.17, 15) is 0 Å². The van der Waals surface area contributed by atoms with E-state index < -0.39 is 0 Å². The van der Waals surface area contributed by atoms with E-state index in [0.29, 0.717) is 0 Å². The van der Waals surface area contributed by atoms with Crippen molar-refractivity contribution in [3.05, 3.63) is 224 Å². The van der Waals surface area contributed by atoms with Gasteiger partial charge >= 0.3 is 0 Å². The molecule has 0 atom stereocenters. The third-order valence-corrected chi connectivity index (χ3v) is 11.5. The predicted octanol–water partition coefficient (Wildman–Crippen LogP) is 16.0. The minimum absolute atomic E-state index is 0.860. The number of anilines is 3. The van der Waals surface area contributed by atoms with Crippen molar-refractivity contribution in [2.24, 2.45) is 0 Å². The van der Waals surface area contributed by atoms with Crippen molar-refractivity contribution in [3.8, 4) is 44.5 Å². The second-order valence-corrected chi connectivity index (χ2v) is 14.9. The molecule has 1 aromatic heterocycles. The summed E-state index contributed by atoms with van der Waals surface area (Å²) in [6.07, 6.45) is 0. The van der Waals surface area contributed by atoms with Gasteiger partial charge in [-0.1, -0.05) is 176 Å². The summed E-state index contributed by atoms with van der Waals surface area (Å²) in [5.41, 5.74) is 14.3. The maximum Gasteiger partial charge on any atom is 0.137 e. The molecular formula is C56H37NO. The number of hydrogen-bond donors (Lipinski definition) is 0. The molecule has 0 N–H and O–H groups in total. The van der Waals surface area contributed by atoms with Gasteiger partial charge in [0.15, 0.2) is 0 Å².